The Bertz CT molecular complexity index is 757. The fourth-order valence-corrected chi connectivity index (χ4v) is 4.98. The molecule has 2 aromatic rings. The van der Waals surface area contributed by atoms with Gasteiger partial charge in [-0.15, -0.1) is 5.10 Å². The third kappa shape index (κ3) is 3.01. The molecule has 0 aliphatic carbocycles. The number of thioether (sulfide) groups is 1. The summed E-state index contributed by atoms with van der Waals surface area (Å²) >= 11 is 1.52. The van der Waals surface area contributed by atoms with E-state index in [1.807, 2.05) is 19.1 Å². The third-order valence-electron chi connectivity index (χ3n) is 3.62. The number of hydrogen-bond donors (Lipinski definition) is 0. The molecule has 0 N–H and O–H groups in total. The highest BCUT2D eigenvalue weighted by atomic mass is 32.2. The summed E-state index contributed by atoms with van der Waals surface area (Å²) < 4.78 is 28.4. The molecule has 3 rings (SSSR count). The van der Waals surface area contributed by atoms with Crippen LogP contribution in [0.4, 0.5) is 0 Å². The molecule has 0 saturated carbocycles. The van der Waals surface area contributed by atoms with E-state index in [2.05, 4.69) is 15.5 Å². The van der Waals surface area contributed by atoms with Gasteiger partial charge in [-0.1, -0.05) is 29.5 Å². The SMILES string of the molecule is Cc1ccc(S(=O)(=O)N2CC[C@@H](Sc3nnnn3C)C2)cc1. The second-order valence-electron chi connectivity index (χ2n) is 5.29. The summed E-state index contributed by atoms with van der Waals surface area (Å²) in [5.41, 5.74) is 1.04. The van der Waals surface area contributed by atoms with Gasteiger partial charge in [0.2, 0.25) is 15.2 Å². The molecule has 0 bridgehead atoms. The van der Waals surface area contributed by atoms with Crippen molar-refractivity contribution < 1.29 is 8.42 Å². The first kappa shape index (κ1) is 15.4. The molecule has 0 radical (unpaired) electrons. The van der Waals surface area contributed by atoms with Gasteiger partial charge in [-0.2, -0.15) is 4.31 Å². The molecule has 9 heteroatoms. The molecule has 118 valence electrons. The number of nitrogens with zero attached hydrogens (tertiary/aromatic N) is 5. The van der Waals surface area contributed by atoms with Gasteiger partial charge in [-0.3, -0.25) is 0 Å². The Morgan fingerprint density at radius 3 is 2.64 bits per heavy atom. The standard InChI is InChI=1S/C13H17N5O2S2/c1-10-3-5-12(6-4-10)22(19,20)18-8-7-11(9-18)21-13-14-15-16-17(13)2/h3-6,11H,7-9H2,1-2H3/t11-/m1/s1. The second-order valence-corrected chi connectivity index (χ2v) is 8.50. The molecule has 7 nitrogen and oxygen atoms in total. The summed E-state index contributed by atoms with van der Waals surface area (Å²) in [6.07, 6.45) is 0.794. The van der Waals surface area contributed by atoms with Gasteiger partial charge in [0, 0.05) is 25.4 Å². The van der Waals surface area contributed by atoms with E-state index in [0.717, 1.165) is 12.0 Å². The Hall–Kier alpha value is -1.45. The number of aromatic nitrogens is 4. The van der Waals surface area contributed by atoms with E-state index in [-0.39, 0.29) is 5.25 Å². The van der Waals surface area contributed by atoms with Crippen LogP contribution in [0.25, 0.3) is 0 Å². The minimum absolute atomic E-state index is 0.171. The van der Waals surface area contributed by atoms with E-state index in [1.54, 1.807) is 28.2 Å². The van der Waals surface area contributed by atoms with E-state index < -0.39 is 10.0 Å². The van der Waals surface area contributed by atoms with Crippen LogP contribution < -0.4 is 0 Å². The first-order chi connectivity index (χ1) is 10.5. The van der Waals surface area contributed by atoms with E-state index in [1.165, 1.54) is 11.8 Å². The largest absolute Gasteiger partial charge is 0.243 e. The van der Waals surface area contributed by atoms with Crippen LogP contribution in [0.1, 0.15) is 12.0 Å². The first-order valence-electron chi connectivity index (χ1n) is 6.92. The van der Waals surface area contributed by atoms with Gasteiger partial charge in [-0.05, 0) is 35.9 Å². The normalized spacial score (nSPS) is 19.6. The highest BCUT2D eigenvalue weighted by Crippen LogP contribution is 2.30. The van der Waals surface area contributed by atoms with Crippen molar-refractivity contribution in [3.05, 3.63) is 29.8 Å². The molecule has 1 aliphatic heterocycles. The maximum Gasteiger partial charge on any atom is 0.243 e. The van der Waals surface area contributed by atoms with Gasteiger partial charge in [0.05, 0.1) is 4.90 Å². The van der Waals surface area contributed by atoms with Crippen LogP contribution in [0.2, 0.25) is 0 Å². The van der Waals surface area contributed by atoms with Crippen molar-refractivity contribution in [2.24, 2.45) is 7.05 Å². The number of rotatable bonds is 4. The van der Waals surface area contributed by atoms with Crippen LogP contribution in [0.15, 0.2) is 34.3 Å². The highest BCUT2D eigenvalue weighted by Gasteiger charge is 2.33. The summed E-state index contributed by atoms with van der Waals surface area (Å²) in [6, 6.07) is 6.97. The molecular formula is C13H17N5O2S2. The van der Waals surface area contributed by atoms with Crippen LogP contribution in [0.5, 0.6) is 0 Å². The number of hydrogen-bond acceptors (Lipinski definition) is 6. The van der Waals surface area contributed by atoms with E-state index in [4.69, 9.17) is 0 Å². The van der Waals surface area contributed by atoms with Crippen molar-refractivity contribution in [1.29, 1.82) is 0 Å². The van der Waals surface area contributed by atoms with Crippen LogP contribution in [-0.2, 0) is 17.1 Å². The number of tetrazole rings is 1. The molecule has 0 unspecified atom stereocenters. The van der Waals surface area contributed by atoms with Crippen molar-refractivity contribution in [2.45, 2.75) is 28.6 Å². The Balaban J connectivity index is 1.71. The predicted octanol–water partition coefficient (Wildman–Crippen LogP) is 1.07. The van der Waals surface area contributed by atoms with Crippen molar-refractivity contribution >= 4 is 21.8 Å². The lowest BCUT2D eigenvalue weighted by Gasteiger charge is -2.16. The predicted molar refractivity (Wildman–Crippen MR) is 83.0 cm³/mol. The highest BCUT2D eigenvalue weighted by molar-refractivity contribution is 7.99. The van der Waals surface area contributed by atoms with Gasteiger partial charge < -0.3 is 0 Å². The monoisotopic (exact) mass is 339 g/mol. The number of benzene rings is 1. The molecule has 1 aromatic carbocycles. The van der Waals surface area contributed by atoms with Crippen molar-refractivity contribution in [3.63, 3.8) is 0 Å². The van der Waals surface area contributed by atoms with Crippen molar-refractivity contribution in [2.75, 3.05) is 13.1 Å². The fraction of sp³-hybridized carbons (Fsp3) is 0.462. The van der Waals surface area contributed by atoms with Crippen molar-refractivity contribution in [3.8, 4) is 0 Å². The van der Waals surface area contributed by atoms with Gasteiger partial charge in [-0.25, -0.2) is 13.1 Å². The summed E-state index contributed by atoms with van der Waals surface area (Å²) in [4.78, 5) is 0.351. The average Bonchev–Trinajstić information content (AvgIpc) is 3.10. The zero-order valence-corrected chi connectivity index (χ0v) is 14.0. The molecule has 0 amide bonds. The number of aryl methyl sites for hydroxylation is 2. The smallest absolute Gasteiger partial charge is 0.224 e. The quantitative estimate of drug-likeness (QED) is 0.829. The Labute approximate surface area is 133 Å². The topological polar surface area (TPSA) is 81.0 Å². The van der Waals surface area contributed by atoms with Gasteiger partial charge >= 0.3 is 0 Å². The van der Waals surface area contributed by atoms with Crippen LogP contribution in [0.3, 0.4) is 0 Å². The Morgan fingerprint density at radius 2 is 2.00 bits per heavy atom. The average molecular weight is 339 g/mol. The van der Waals surface area contributed by atoms with Crippen LogP contribution >= 0.6 is 11.8 Å². The summed E-state index contributed by atoms with van der Waals surface area (Å²) in [5.74, 6) is 0. The minimum Gasteiger partial charge on any atom is -0.224 e. The second kappa shape index (κ2) is 5.98. The third-order valence-corrected chi connectivity index (χ3v) is 6.77. The van der Waals surface area contributed by atoms with E-state index in [0.29, 0.717) is 23.1 Å². The number of sulfonamides is 1. The van der Waals surface area contributed by atoms with Gasteiger partial charge in [0.15, 0.2) is 0 Å². The van der Waals surface area contributed by atoms with Gasteiger partial charge in [0.1, 0.15) is 0 Å². The maximum atomic E-state index is 12.6. The van der Waals surface area contributed by atoms with E-state index in [9.17, 15) is 8.42 Å². The minimum atomic E-state index is -3.42. The molecule has 2 heterocycles. The molecule has 1 saturated heterocycles. The molecule has 0 spiro atoms. The molecular weight excluding hydrogens is 322 g/mol. The van der Waals surface area contributed by atoms with Gasteiger partial charge in [0.25, 0.3) is 0 Å². The van der Waals surface area contributed by atoms with Crippen LogP contribution in [-0.4, -0.2) is 51.3 Å². The van der Waals surface area contributed by atoms with E-state index >= 15 is 0 Å². The fourth-order valence-electron chi connectivity index (χ4n) is 2.34. The summed E-state index contributed by atoms with van der Waals surface area (Å²) in [7, 11) is -1.64. The lowest BCUT2D eigenvalue weighted by Crippen LogP contribution is -2.29. The summed E-state index contributed by atoms with van der Waals surface area (Å²) in [6.45, 7) is 2.95. The van der Waals surface area contributed by atoms with Crippen LogP contribution in [0, 0.1) is 6.92 Å². The lowest BCUT2D eigenvalue weighted by molar-refractivity contribution is 0.478. The first-order valence-corrected chi connectivity index (χ1v) is 9.24. The zero-order valence-electron chi connectivity index (χ0n) is 12.4. The summed E-state index contributed by atoms with van der Waals surface area (Å²) in [5, 5.41) is 12.2. The molecule has 1 aromatic heterocycles. The molecule has 1 atom stereocenters. The molecule has 1 aliphatic rings. The lowest BCUT2D eigenvalue weighted by atomic mass is 10.2. The maximum absolute atomic E-state index is 12.6. The Morgan fingerprint density at radius 1 is 1.27 bits per heavy atom. The van der Waals surface area contributed by atoms with Crippen molar-refractivity contribution in [1.82, 2.24) is 24.5 Å². The molecule has 22 heavy (non-hydrogen) atoms. The molecule has 1 fully saturated rings. The Kier molecular flexibility index (Phi) is 4.20. The zero-order chi connectivity index (χ0) is 15.7.